The molecule has 2 aromatic rings. The molecule has 1 aliphatic heterocycles. The Hall–Kier alpha value is -2.46. The molecule has 4 rings (SSSR count). The summed E-state index contributed by atoms with van der Waals surface area (Å²) in [4.78, 5) is 8.52. The number of hydrogen-bond donors (Lipinski definition) is 0. The summed E-state index contributed by atoms with van der Waals surface area (Å²) in [6.45, 7) is -0.778. The number of hydrogen-bond acceptors (Lipinski definition) is 8. The van der Waals surface area contributed by atoms with Gasteiger partial charge in [-0.05, 0) is 30.7 Å². The van der Waals surface area contributed by atoms with E-state index < -0.39 is 30.3 Å². The summed E-state index contributed by atoms with van der Waals surface area (Å²) in [6, 6.07) is 4.10. The summed E-state index contributed by atoms with van der Waals surface area (Å²) in [7, 11) is 0. The van der Waals surface area contributed by atoms with Crippen molar-refractivity contribution in [3.8, 4) is 11.9 Å². The van der Waals surface area contributed by atoms with Gasteiger partial charge < -0.3 is 4.74 Å². The van der Waals surface area contributed by atoms with E-state index in [1.807, 2.05) is 0 Å². The van der Waals surface area contributed by atoms with E-state index in [1.165, 1.54) is 23.5 Å². The van der Waals surface area contributed by atoms with E-state index in [0.717, 1.165) is 24.5 Å². The van der Waals surface area contributed by atoms with Crippen molar-refractivity contribution in [3.63, 3.8) is 0 Å². The molecule has 0 saturated heterocycles. The van der Waals surface area contributed by atoms with Crippen LogP contribution in [-0.2, 0) is 17.5 Å². The maximum Gasteiger partial charge on any atom is 0.417 e. The third-order valence-electron chi connectivity index (χ3n) is 4.56. The van der Waals surface area contributed by atoms with Crippen LogP contribution in [0.4, 0.5) is 22.0 Å². The Bertz CT molecular complexity index is 1080. The average molecular weight is 473 g/mol. The standard InChI is InChI=1S/C18H12F5N5OS2/c19-13(20)7-29-14-4-11-15(28-27-14)31-16(26-17(11)1-2-17)30-8-12-9(5-24)3-10(6-25-12)18(21,22)23/h3-4,6,13H,1-2,7-8H2. The van der Waals surface area contributed by atoms with Crippen molar-refractivity contribution in [2.75, 3.05) is 6.61 Å². The lowest BCUT2D eigenvalue weighted by atomic mass is 10.1. The van der Waals surface area contributed by atoms with E-state index in [1.54, 1.807) is 12.1 Å². The number of halogens is 5. The van der Waals surface area contributed by atoms with Crippen LogP contribution in [0.25, 0.3) is 0 Å². The summed E-state index contributed by atoms with van der Waals surface area (Å²) in [6.07, 6.45) is -5.01. The van der Waals surface area contributed by atoms with Gasteiger partial charge in [0, 0.05) is 23.6 Å². The molecule has 1 aliphatic carbocycles. The first-order chi connectivity index (χ1) is 14.7. The fraction of sp³-hybridized carbons (Fsp3) is 0.389. The van der Waals surface area contributed by atoms with Gasteiger partial charge in [-0.15, -0.1) is 10.2 Å². The number of alkyl halides is 5. The largest absolute Gasteiger partial charge is 0.471 e. The van der Waals surface area contributed by atoms with Crippen LogP contribution >= 0.6 is 23.5 Å². The number of nitrogens with zero attached hydrogens (tertiary/aromatic N) is 5. The number of ether oxygens (including phenoxy) is 1. The molecule has 2 aliphatic rings. The molecule has 162 valence electrons. The Morgan fingerprint density at radius 2 is 2.03 bits per heavy atom. The zero-order valence-corrected chi connectivity index (χ0v) is 17.1. The Kier molecular flexibility index (Phi) is 5.78. The molecule has 2 aromatic heterocycles. The van der Waals surface area contributed by atoms with Crippen LogP contribution in [0, 0.1) is 11.3 Å². The lowest BCUT2D eigenvalue weighted by Gasteiger charge is -2.21. The zero-order valence-electron chi connectivity index (χ0n) is 15.5. The highest BCUT2D eigenvalue weighted by Gasteiger charge is 2.49. The van der Waals surface area contributed by atoms with E-state index in [2.05, 4.69) is 15.2 Å². The number of fused-ring (bicyclic) bond motifs is 2. The maximum absolute atomic E-state index is 12.8. The minimum absolute atomic E-state index is 0.00449. The number of rotatable bonds is 5. The van der Waals surface area contributed by atoms with Gasteiger partial charge in [0.15, 0.2) is 6.61 Å². The average Bonchev–Trinajstić information content (AvgIpc) is 3.49. The van der Waals surface area contributed by atoms with Crippen molar-refractivity contribution < 1.29 is 26.7 Å². The molecule has 0 amide bonds. The quantitative estimate of drug-likeness (QED) is 0.578. The van der Waals surface area contributed by atoms with Crippen molar-refractivity contribution >= 4 is 27.9 Å². The molecule has 13 heteroatoms. The number of aliphatic imine (C=N–C) groups is 1. The fourth-order valence-corrected chi connectivity index (χ4v) is 5.09. The lowest BCUT2D eigenvalue weighted by molar-refractivity contribution is -0.137. The number of aromatic nitrogens is 3. The second-order valence-electron chi connectivity index (χ2n) is 6.73. The fourth-order valence-electron chi connectivity index (χ4n) is 2.88. The van der Waals surface area contributed by atoms with E-state index >= 15 is 0 Å². The molecule has 1 saturated carbocycles. The van der Waals surface area contributed by atoms with Crippen molar-refractivity contribution in [2.24, 2.45) is 4.99 Å². The Morgan fingerprint density at radius 3 is 2.68 bits per heavy atom. The van der Waals surface area contributed by atoms with Gasteiger partial charge in [0.1, 0.15) is 15.5 Å². The van der Waals surface area contributed by atoms with E-state index in [4.69, 9.17) is 9.73 Å². The SMILES string of the molecule is N#Cc1cc(C(F)(F)F)cnc1CSC1=NC2(CC2)c2cc(OCC(F)F)nnc2S1. The van der Waals surface area contributed by atoms with Crippen LogP contribution in [-0.4, -0.2) is 32.6 Å². The van der Waals surface area contributed by atoms with Gasteiger partial charge in [-0.25, -0.2) is 8.78 Å². The van der Waals surface area contributed by atoms with Crippen LogP contribution in [0.1, 0.15) is 35.2 Å². The molecule has 0 aromatic carbocycles. The van der Waals surface area contributed by atoms with Crippen molar-refractivity contribution in [1.82, 2.24) is 15.2 Å². The third kappa shape index (κ3) is 4.74. The third-order valence-corrected chi connectivity index (χ3v) is 6.68. The first-order valence-electron chi connectivity index (χ1n) is 8.86. The summed E-state index contributed by atoms with van der Waals surface area (Å²) >= 11 is 2.45. The lowest BCUT2D eigenvalue weighted by Crippen LogP contribution is -2.16. The first-order valence-corrected chi connectivity index (χ1v) is 10.7. The Balaban J connectivity index is 1.49. The molecule has 0 radical (unpaired) electrons. The molecule has 0 atom stereocenters. The topological polar surface area (TPSA) is 84.0 Å². The second kappa shape index (κ2) is 8.23. The first kappa shape index (κ1) is 21.8. The van der Waals surface area contributed by atoms with Crippen LogP contribution < -0.4 is 4.74 Å². The molecule has 31 heavy (non-hydrogen) atoms. The smallest absolute Gasteiger partial charge is 0.417 e. The van der Waals surface area contributed by atoms with Crippen LogP contribution in [0.2, 0.25) is 0 Å². The van der Waals surface area contributed by atoms with Crippen LogP contribution in [0.5, 0.6) is 5.88 Å². The van der Waals surface area contributed by atoms with Gasteiger partial charge in [0.25, 0.3) is 6.43 Å². The second-order valence-corrected chi connectivity index (χ2v) is 8.93. The van der Waals surface area contributed by atoms with E-state index in [9.17, 15) is 27.2 Å². The van der Waals surface area contributed by atoms with Gasteiger partial charge in [0.05, 0.1) is 22.4 Å². The minimum atomic E-state index is -4.58. The van der Waals surface area contributed by atoms with Crippen molar-refractivity contribution in [1.29, 1.82) is 5.26 Å². The number of thioether (sulfide) groups is 2. The molecular formula is C18H12F5N5OS2. The molecule has 1 fully saturated rings. The van der Waals surface area contributed by atoms with E-state index in [-0.39, 0.29) is 22.9 Å². The Labute approximate surface area is 181 Å². The van der Waals surface area contributed by atoms with Gasteiger partial charge in [-0.3, -0.25) is 9.98 Å². The molecule has 3 heterocycles. The molecule has 0 bridgehead atoms. The van der Waals surface area contributed by atoms with Gasteiger partial charge in [-0.1, -0.05) is 11.8 Å². The molecule has 1 spiro atoms. The van der Waals surface area contributed by atoms with Crippen LogP contribution in [0.3, 0.4) is 0 Å². The molecule has 0 N–H and O–H groups in total. The normalized spacial score (nSPS) is 16.6. The number of nitriles is 1. The van der Waals surface area contributed by atoms with Gasteiger partial charge >= 0.3 is 6.18 Å². The summed E-state index contributed by atoms with van der Waals surface area (Å²) < 4.78 is 68.7. The van der Waals surface area contributed by atoms with Crippen molar-refractivity contribution in [2.45, 2.75) is 41.8 Å². The highest BCUT2D eigenvalue weighted by atomic mass is 32.2. The van der Waals surface area contributed by atoms with Gasteiger partial charge in [-0.2, -0.15) is 18.4 Å². The van der Waals surface area contributed by atoms with Crippen LogP contribution in [0.15, 0.2) is 28.3 Å². The highest BCUT2D eigenvalue weighted by molar-refractivity contribution is 8.38. The Morgan fingerprint density at radius 1 is 1.26 bits per heavy atom. The predicted octanol–water partition coefficient (Wildman–Crippen LogP) is 4.79. The summed E-state index contributed by atoms with van der Waals surface area (Å²) in [5.74, 6) is 0.159. The number of pyridine rings is 1. The monoisotopic (exact) mass is 473 g/mol. The summed E-state index contributed by atoms with van der Waals surface area (Å²) in [5.41, 5.74) is -0.667. The molecule has 6 nitrogen and oxygen atoms in total. The van der Waals surface area contributed by atoms with Crippen molar-refractivity contribution in [3.05, 3.63) is 40.7 Å². The molecular weight excluding hydrogens is 461 g/mol. The molecule has 0 unspecified atom stereocenters. The predicted molar refractivity (Wildman–Crippen MR) is 103 cm³/mol. The minimum Gasteiger partial charge on any atom is -0.471 e. The zero-order chi connectivity index (χ0) is 22.2. The van der Waals surface area contributed by atoms with E-state index in [0.29, 0.717) is 15.6 Å². The maximum atomic E-state index is 12.8. The highest BCUT2D eigenvalue weighted by Crippen LogP contribution is 2.56. The van der Waals surface area contributed by atoms with Gasteiger partial charge in [0.2, 0.25) is 5.88 Å². The summed E-state index contributed by atoms with van der Waals surface area (Å²) in [5, 5.41) is 17.6.